The number of hydrogen-bond acceptors (Lipinski definition) is 5. The number of nitrogens with zero attached hydrogens (tertiary/aromatic N) is 1. The van der Waals surface area contributed by atoms with E-state index in [2.05, 4.69) is 38.4 Å². The first kappa shape index (κ1) is 19.4. The summed E-state index contributed by atoms with van der Waals surface area (Å²) in [6.45, 7) is 3.10. The maximum Gasteiger partial charge on any atom is 0.236 e. The minimum atomic E-state index is -0.423. The highest BCUT2D eigenvalue weighted by Gasteiger charge is 2.36. The van der Waals surface area contributed by atoms with Crippen LogP contribution >= 0.6 is 27.3 Å². The molecule has 2 aromatic heterocycles. The zero-order valence-electron chi connectivity index (χ0n) is 15.5. The van der Waals surface area contributed by atoms with E-state index in [4.69, 9.17) is 9.15 Å². The molecule has 28 heavy (non-hydrogen) atoms. The van der Waals surface area contributed by atoms with Gasteiger partial charge in [0, 0.05) is 17.7 Å². The zero-order valence-corrected chi connectivity index (χ0v) is 17.9. The van der Waals surface area contributed by atoms with Crippen molar-refractivity contribution in [2.24, 2.45) is 0 Å². The van der Waals surface area contributed by atoms with Crippen LogP contribution in [-0.2, 0) is 21.5 Å². The molecule has 1 saturated heterocycles. The number of nitrogens with one attached hydrogen (secondary N) is 1. The number of amides is 1. The Hall–Kier alpha value is -1.96. The molecule has 0 spiro atoms. The first-order valence-electron chi connectivity index (χ1n) is 9.21. The van der Waals surface area contributed by atoms with Crippen molar-refractivity contribution in [3.05, 3.63) is 63.3 Å². The van der Waals surface area contributed by atoms with Gasteiger partial charge >= 0.3 is 0 Å². The molecule has 0 aliphatic carbocycles. The summed E-state index contributed by atoms with van der Waals surface area (Å²) in [4.78, 5) is 18.5. The normalized spacial score (nSPS) is 16.1. The van der Waals surface area contributed by atoms with Crippen molar-refractivity contribution >= 4 is 33.2 Å². The second-order valence-electron chi connectivity index (χ2n) is 6.93. The summed E-state index contributed by atoms with van der Waals surface area (Å²) < 4.78 is 12.3. The van der Waals surface area contributed by atoms with Gasteiger partial charge in [-0.15, -0.1) is 11.3 Å². The maximum absolute atomic E-state index is 12.9. The van der Waals surface area contributed by atoms with Crippen molar-refractivity contribution in [2.75, 3.05) is 13.2 Å². The average molecular weight is 461 g/mol. The van der Waals surface area contributed by atoms with Gasteiger partial charge in [-0.1, -0.05) is 34.1 Å². The Morgan fingerprint density at radius 1 is 1.29 bits per heavy atom. The molecule has 1 amide bonds. The Labute approximate surface area is 176 Å². The van der Waals surface area contributed by atoms with Gasteiger partial charge in [-0.2, -0.15) is 0 Å². The molecule has 1 aliphatic rings. The first-order valence-corrected chi connectivity index (χ1v) is 10.9. The molecule has 0 radical (unpaired) electrons. The smallest absolute Gasteiger partial charge is 0.236 e. The van der Waals surface area contributed by atoms with Crippen molar-refractivity contribution in [1.29, 1.82) is 0 Å². The average Bonchev–Trinajstić information content (AvgIpc) is 3.33. The van der Waals surface area contributed by atoms with E-state index in [9.17, 15) is 4.79 Å². The molecule has 5 nitrogen and oxygen atoms in total. The predicted octanol–water partition coefficient (Wildman–Crippen LogP) is 4.84. The number of benzene rings is 1. The van der Waals surface area contributed by atoms with Crippen LogP contribution in [0.4, 0.5) is 0 Å². The van der Waals surface area contributed by atoms with Gasteiger partial charge in [0.2, 0.25) is 11.8 Å². The number of carbonyl (C=O) groups excluding carboxylic acids is 1. The molecule has 1 aromatic carbocycles. The van der Waals surface area contributed by atoms with Crippen LogP contribution in [0.25, 0.3) is 10.8 Å². The predicted molar refractivity (Wildman–Crippen MR) is 112 cm³/mol. The minimum absolute atomic E-state index is 0.0593. The largest absolute Gasteiger partial charge is 0.440 e. The lowest BCUT2D eigenvalue weighted by Crippen LogP contribution is -2.50. The molecule has 0 unspecified atom stereocenters. The quantitative estimate of drug-likeness (QED) is 0.591. The van der Waals surface area contributed by atoms with Crippen LogP contribution in [0.3, 0.4) is 0 Å². The fourth-order valence-electron chi connectivity index (χ4n) is 3.55. The molecule has 1 N–H and O–H groups in total. The Morgan fingerprint density at radius 3 is 2.82 bits per heavy atom. The number of aryl methyl sites for hydroxylation is 1. The van der Waals surface area contributed by atoms with Crippen molar-refractivity contribution in [1.82, 2.24) is 10.3 Å². The van der Waals surface area contributed by atoms with E-state index in [1.807, 2.05) is 36.6 Å². The fourth-order valence-corrected chi connectivity index (χ4v) is 4.60. The molecule has 3 heterocycles. The molecule has 4 rings (SSSR count). The molecule has 7 heteroatoms. The van der Waals surface area contributed by atoms with Crippen LogP contribution in [-0.4, -0.2) is 24.1 Å². The SMILES string of the molecule is Cc1oc(-c2cccs2)nc1CC(=O)NC1(c2cccc(Br)c2)CCOCC1. The zero-order chi connectivity index (χ0) is 19.6. The molecule has 1 aliphatic heterocycles. The highest BCUT2D eigenvalue weighted by atomic mass is 79.9. The molecule has 0 saturated carbocycles. The summed E-state index contributed by atoms with van der Waals surface area (Å²) >= 11 is 5.11. The number of hydrogen-bond donors (Lipinski definition) is 1. The van der Waals surface area contributed by atoms with Crippen LogP contribution in [0.5, 0.6) is 0 Å². The van der Waals surface area contributed by atoms with Crippen molar-refractivity contribution in [2.45, 2.75) is 31.7 Å². The number of oxazole rings is 1. The van der Waals surface area contributed by atoms with E-state index < -0.39 is 5.54 Å². The number of halogens is 1. The number of aromatic nitrogens is 1. The molecular weight excluding hydrogens is 440 g/mol. The number of thiophene rings is 1. The third-order valence-corrected chi connectivity index (χ3v) is 6.41. The molecule has 1 fully saturated rings. The summed E-state index contributed by atoms with van der Waals surface area (Å²) in [5.74, 6) is 1.20. The van der Waals surface area contributed by atoms with E-state index >= 15 is 0 Å². The molecule has 3 aromatic rings. The van der Waals surface area contributed by atoms with Gasteiger partial charge < -0.3 is 14.5 Å². The van der Waals surface area contributed by atoms with Crippen molar-refractivity contribution < 1.29 is 13.9 Å². The Morgan fingerprint density at radius 2 is 2.11 bits per heavy atom. The van der Waals surface area contributed by atoms with Gasteiger partial charge in [0.05, 0.1) is 22.5 Å². The van der Waals surface area contributed by atoms with E-state index in [1.54, 1.807) is 11.3 Å². The van der Waals surface area contributed by atoms with E-state index in [1.165, 1.54) is 0 Å². The van der Waals surface area contributed by atoms with Gasteiger partial charge in [0.1, 0.15) is 5.76 Å². The maximum atomic E-state index is 12.9. The third kappa shape index (κ3) is 4.06. The van der Waals surface area contributed by atoms with E-state index in [-0.39, 0.29) is 12.3 Å². The standard InChI is InChI=1S/C21H21BrN2O3S/c1-14-17(23-20(27-14)18-6-3-11-28-18)13-19(25)24-21(7-9-26-10-8-21)15-4-2-5-16(22)12-15/h2-6,11-12H,7-10,13H2,1H3,(H,24,25). The van der Waals surface area contributed by atoms with Crippen molar-refractivity contribution in [3.8, 4) is 10.8 Å². The summed E-state index contributed by atoms with van der Waals surface area (Å²) in [7, 11) is 0. The Bertz CT molecular complexity index is 962. The molecule has 0 bridgehead atoms. The molecule has 146 valence electrons. The summed E-state index contributed by atoms with van der Waals surface area (Å²) in [6, 6.07) is 12.0. The highest BCUT2D eigenvalue weighted by Crippen LogP contribution is 2.34. The Kier molecular flexibility index (Phi) is 5.66. The van der Waals surface area contributed by atoms with Crippen LogP contribution in [0, 0.1) is 6.92 Å². The van der Waals surface area contributed by atoms with Crippen LogP contribution < -0.4 is 5.32 Å². The van der Waals surface area contributed by atoms with Crippen molar-refractivity contribution in [3.63, 3.8) is 0 Å². The van der Waals surface area contributed by atoms with E-state index in [0.29, 0.717) is 30.6 Å². The van der Waals surface area contributed by atoms with Gasteiger partial charge in [-0.05, 0) is 48.9 Å². The summed E-state index contributed by atoms with van der Waals surface area (Å²) in [5.41, 5.74) is 1.35. The number of ether oxygens (including phenoxy) is 1. The lowest BCUT2D eigenvalue weighted by Gasteiger charge is -2.38. The second kappa shape index (κ2) is 8.19. The monoisotopic (exact) mass is 460 g/mol. The van der Waals surface area contributed by atoms with Gasteiger partial charge in [0.15, 0.2) is 0 Å². The topological polar surface area (TPSA) is 64.4 Å². The third-order valence-electron chi connectivity index (χ3n) is 5.05. The highest BCUT2D eigenvalue weighted by molar-refractivity contribution is 9.10. The molecular formula is C21H21BrN2O3S. The van der Waals surface area contributed by atoms with Crippen LogP contribution in [0.2, 0.25) is 0 Å². The lowest BCUT2D eigenvalue weighted by molar-refractivity contribution is -0.124. The Balaban J connectivity index is 1.54. The number of rotatable bonds is 5. The summed E-state index contributed by atoms with van der Waals surface area (Å²) in [6.07, 6.45) is 1.68. The molecule has 0 atom stereocenters. The van der Waals surface area contributed by atoms with Gasteiger partial charge in [0.25, 0.3) is 0 Å². The first-order chi connectivity index (χ1) is 13.6. The van der Waals surface area contributed by atoms with E-state index in [0.717, 1.165) is 27.8 Å². The fraction of sp³-hybridized carbons (Fsp3) is 0.333. The summed E-state index contributed by atoms with van der Waals surface area (Å²) in [5, 5.41) is 5.26. The minimum Gasteiger partial charge on any atom is -0.440 e. The van der Waals surface area contributed by atoms with Crippen LogP contribution in [0.1, 0.15) is 29.9 Å². The van der Waals surface area contributed by atoms with Gasteiger partial charge in [-0.3, -0.25) is 4.79 Å². The van der Waals surface area contributed by atoms with Crippen LogP contribution in [0.15, 0.2) is 50.7 Å². The lowest BCUT2D eigenvalue weighted by atomic mass is 9.82. The van der Waals surface area contributed by atoms with Gasteiger partial charge in [-0.25, -0.2) is 4.98 Å². The number of carbonyl (C=O) groups is 1. The second-order valence-corrected chi connectivity index (χ2v) is 8.79.